The summed E-state index contributed by atoms with van der Waals surface area (Å²) < 4.78 is 0. The van der Waals surface area contributed by atoms with E-state index >= 15 is 0 Å². The zero-order valence-electron chi connectivity index (χ0n) is 11.2. The Morgan fingerprint density at radius 1 is 1.47 bits per heavy atom. The summed E-state index contributed by atoms with van der Waals surface area (Å²) in [5.41, 5.74) is 0. The van der Waals surface area contributed by atoms with E-state index in [1.165, 1.54) is 30.7 Å². The second kappa shape index (κ2) is 8.28. The summed E-state index contributed by atoms with van der Waals surface area (Å²) in [5.74, 6) is 0.788. The number of alkyl halides is 1. The molecule has 0 aliphatic carbocycles. The minimum Gasteiger partial charge on any atom is -0.303 e. The quantitative estimate of drug-likeness (QED) is 0.641. The highest BCUT2D eigenvalue weighted by molar-refractivity contribution is 9.09. The van der Waals surface area contributed by atoms with Gasteiger partial charge in [0.05, 0.1) is 0 Å². The Labute approximate surface area is 118 Å². The molecule has 0 spiro atoms. The van der Waals surface area contributed by atoms with E-state index < -0.39 is 0 Å². The first-order valence-corrected chi connectivity index (χ1v) is 8.46. The molecule has 2 unspecified atom stereocenters. The van der Waals surface area contributed by atoms with E-state index in [0.29, 0.717) is 6.04 Å². The molecule has 0 aliphatic heterocycles. The summed E-state index contributed by atoms with van der Waals surface area (Å²) in [7, 11) is 2.25. The van der Waals surface area contributed by atoms with Gasteiger partial charge in [-0.3, -0.25) is 0 Å². The molecule has 1 aromatic heterocycles. The number of hydrogen-bond donors (Lipinski definition) is 0. The average molecular weight is 318 g/mol. The largest absolute Gasteiger partial charge is 0.303 e. The molecular formula is C14H24BrNS. The summed E-state index contributed by atoms with van der Waals surface area (Å²) in [6.45, 7) is 5.80. The lowest BCUT2D eigenvalue weighted by atomic mass is 10.0. The van der Waals surface area contributed by atoms with Crippen molar-refractivity contribution in [2.45, 2.75) is 39.2 Å². The van der Waals surface area contributed by atoms with Gasteiger partial charge >= 0.3 is 0 Å². The van der Waals surface area contributed by atoms with E-state index in [-0.39, 0.29) is 0 Å². The van der Waals surface area contributed by atoms with Crippen molar-refractivity contribution >= 4 is 27.3 Å². The Balaban J connectivity index is 2.37. The van der Waals surface area contributed by atoms with Crippen molar-refractivity contribution < 1.29 is 0 Å². The molecule has 0 N–H and O–H groups in total. The number of rotatable bonds is 8. The zero-order valence-corrected chi connectivity index (χ0v) is 13.6. The molecule has 0 aromatic carbocycles. The smallest absolute Gasteiger partial charge is 0.0112 e. The van der Waals surface area contributed by atoms with Crippen LogP contribution in [0.15, 0.2) is 17.5 Å². The second-order valence-electron chi connectivity index (χ2n) is 4.88. The Bertz CT molecular complexity index is 286. The van der Waals surface area contributed by atoms with Crippen molar-refractivity contribution in [3.63, 3.8) is 0 Å². The predicted molar refractivity (Wildman–Crippen MR) is 82.3 cm³/mol. The van der Waals surface area contributed by atoms with Crippen molar-refractivity contribution in [3.8, 4) is 0 Å². The molecule has 98 valence electrons. The van der Waals surface area contributed by atoms with Crippen molar-refractivity contribution in [3.05, 3.63) is 22.4 Å². The number of halogens is 1. The maximum atomic E-state index is 3.63. The van der Waals surface area contributed by atoms with Gasteiger partial charge in [-0.1, -0.05) is 35.3 Å². The van der Waals surface area contributed by atoms with Gasteiger partial charge in [-0.05, 0) is 44.2 Å². The monoisotopic (exact) mass is 317 g/mol. The number of thiophene rings is 1. The van der Waals surface area contributed by atoms with Crippen LogP contribution < -0.4 is 0 Å². The van der Waals surface area contributed by atoms with Crippen molar-refractivity contribution in [2.75, 3.05) is 18.9 Å². The van der Waals surface area contributed by atoms with Gasteiger partial charge in [0.2, 0.25) is 0 Å². The summed E-state index contributed by atoms with van der Waals surface area (Å²) in [4.78, 5) is 4.00. The first-order valence-electron chi connectivity index (χ1n) is 6.46. The maximum Gasteiger partial charge on any atom is 0.0112 e. The van der Waals surface area contributed by atoms with Crippen LogP contribution >= 0.6 is 27.3 Å². The van der Waals surface area contributed by atoms with Crippen LogP contribution in [0.1, 0.15) is 31.6 Å². The van der Waals surface area contributed by atoms with Crippen LogP contribution in [0.5, 0.6) is 0 Å². The highest BCUT2D eigenvalue weighted by atomic mass is 79.9. The van der Waals surface area contributed by atoms with Crippen LogP contribution in [0, 0.1) is 5.92 Å². The highest BCUT2D eigenvalue weighted by Crippen LogP contribution is 2.16. The van der Waals surface area contributed by atoms with Gasteiger partial charge in [0, 0.05) is 22.8 Å². The number of hydrogen-bond acceptors (Lipinski definition) is 2. The average Bonchev–Trinajstić information content (AvgIpc) is 2.81. The van der Waals surface area contributed by atoms with Crippen LogP contribution in [0.2, 0.25) is 0 Å². The Hall–Kier alpha value is 0.140. The van der Waals surface area contributed by atoms with E-state index in [9.17, 15) is 0 Å². The fraction of sp³-hybridized carbons (Fsp3) is 0.714. The third kappa shape index (κ3) is 5.54. The second-order valence-corrected chi connectivity index (χ2v) is 6.56. The molecule has 1 nitrogen and oxygen atoms in total. The molecule has 0 bridgehead atoms. The summed E-state index contributed by atoms with van der Waals surface area (Å²) >= 11 is 5.50. The molecule has 2 atom stereocenters. The van der Waals surface area contributed by atoms with Crippen molar-refractivity contribution in [1.82, 2.24) is 4.90 Å². The molecular weight excluding hydrogens is 294 g/mol. The lowest BCUT2D eigenvalue weighted by Gasteiger charge is -2.28. The lowest BCUT2D eigenvalue weighted by molar-refractivity contribution is 0.221. The molecule has 0 saturated heterocycles. The van der Waals surface area contributed by atoms with Gasteiger partial charge in [0.25, 0.3) is 0 Å². The van der Waals surface area contributed by atoms with Gasteiger partial charge in [0.15, 0.2) is 0 Å². The Morgan fingerprint density at radius 3 is 2.76 bits per heavy atom. The van der Waals surface area contributed by atoms with Crippen LogP contribution in [0.3, 0.4) is 0 Å². The molecule has 17 heavy (non-hydrogen) atoms. The van der Waals surface area contributed by atoms with Gasteiger partial charge in [0.1, 0.15) is 0 Å². The lowest BCUT2D eigenvalue weighted by Crippen LogP contribution is -2.35. The molecule has 1 heterocycles. The van der Waals surface area contributed by atoms with E-state index in [4.69, 9.17) is 0 Å². The fourth-order valence-corrected chi connectivity index (χ4v) is 3.44. The SMILES string of the molecule is CCCC(CBr)CN(C)C(C)Cc1cccs1. The highest BCUT2D eigenvalue weighted by Gasteiger charge is 2.15. The van der Waals surface area contributed by atoms with E-state index in [1.54, 1.807) is 0 Å². The zero-order chi connectivity index (χ0) is 12.7. The third-order valence-electron chi connectivity index (χ3n) is 3.29. The summed E-state index contributed by atoms with van der Waals surface area (Å²) in [5, 5.41) is 3.29. The standard InChI is InChI=1S/C14H24BrNS/c1-4-6-13(10-15)11-16(3)12(2)9-14-7-5-8-17-14/h5,7-8,12-13H,4,6,9-11H2,1-3H3. The molecule has 3 heteroatoms. The van der Waals surface area contributed by atoms with E-state index in [2.05, 4.69) is 59.2 Å². The maximum absolute atomic E-state index is 3.63. The molecule has 1 aromatic rings. The molecule has 0 fully saturated rings. The topological polar surface area (TPSA) is 3.24 Å². The van der Waals surface area contributed by atoms with Crippen LogP contribution in [0.25, 0.3) is 0 Å². The molecule has 0 amide bonds. The van der Waals surface area contributed by atoms with Gasteiger partial charge in [-0.25, -0.2) is 0 Å². The van der Waals surface area contributed by atoms with E-state index in [1.807, 2.05) is 11.3 Å². The first kappa shape index (κ1) is 15.2. The minimum atomic E-state index is 0.632. The predicted octanol–water partition coefficient (Wildman–Crippen LogP) is 4.42. The fourth-order valence-electron chi connectivity index (χ4n) is 2.09. The van der Waals surface area contributed by atoms with E-state index in [0.717, 1.165) is 11.2 Å². The van der Waals surface area contributed by atoms with Crippen molar-refractivity contribution in [1.29, 1.82) is 0 Å². The van der Waals surface area contributed by atoms with Crippen LogP contribution in [-0.4, -0.2) is 29.9 Å². The summed E-state index contributed by atoms with van der Waals surface area (Å²) in [6, 6.07) is 5.01. The summed E-state index contributed by atoms with van der Waals surface area (Å²) in [6.07, 6.45) is 3.78. The van der Waals surface area contributed by atoms with Crippen molar-refractivity contribution in [2.24, 2.45) is 5.92 Å². The number of likely N-dealkylation sites (N-methyl/N-ethyl adjacent to an activating group) is 1. The Morgan fingerprint density at radius 2 is 2.24 bits per heavy atom. The van der Waals surface area contributed by atoms with Crippen LogP contribution in [-0.2, 0) is 6.42 Å². The van der Waals surface area contributed by atoms with Crippen LogP contribution in [0.4, 0.5) is 0 Å². The minimum absolute atomic E-state index is 0.632. The number of nitrogens with zero attached hydrogens (tertiary/aromatic N) is 1. The molecule has 0 radical (unpaired) electrons. The third-order valence-corrected chi connectivity index (χ3v) is 5.10. The molecule has 0 aliphatic rings. The van der Waals surface area contributed by atoms with Gasteiger partial charge < -0.3 is 4.90 Å². The normalized spacial score (nSPS) is 15.1. The first-order chi connectivity index (χ1) is 8.17. The molecule has 0 saturated carbocycles. The Kier molecular flexibility index (Phi) is 7.40. The van der Waals surface area contributed by atoms with Gasteiger partial charge in [-0.15, -0.1) is 11.3 Å². The molecule has 1 rings (SSSR count). The van der Waals surface area contributed by atoms with Gasteiger partial charge in [-0.2, -0.15) is 0 Å².